The van der Waals surface area contributed by atoms with Gasteiger partial charge in [-0.05, 0) is 41.8 Å². The van der Waals surface area contributed by atoms with E-state index >= 15 is 0 Å². The molecule has 1 aromatic heterocycles. The van der Waals surface area contributed by atoms with Crippen molar-refractivity contribution in [1.82, 2.24) is 4.98 Å². The summed E-state index contributed by atoms with van der Waals surface area (Å²) in [5.74, 6) is 0.361. The molecule has 0 aliphatic carbocycles. The fourth-order valence-electron chi connectivity index (χ4n) is 2.79. The zero-order valence-electron chi connectivity index (χ0n) is 11.5. The number of anilines is 1. The molecular weight excluding hydrogens is 307 g/mol. The summed E-state index contributed by atoms with van der Waals surface area (Å²) >= 11 is 11.9. The van der Waals surface area contributed by atoms with Crippen molar-refractivity contribution in [2.24, 2.45) is 0 Å². The van der Waals surface area contributed by atoms with Crippen LogP contribution in [0.4, 0.5) is 5.69 Å². The first-order chi connectivity index (χ1) is 10.2. The molecule has 2 heterocycles. The van der Waals surface area contributed by atoms with E-state index in [-0.39, 0.29) is 11.9 Å². The number of alkyl halides is 1. The third-order valence-corrected chi connectivity index (χ3v) is 4.28. The Hall–Kier alpha value is -1.58. The Morgan fingerprint density at radius 1 is 1.29 bits per heavy atom. The molecule has 21 heavy (non-hydrogen) atoms. The summed E-state index contributed by atoms with van der Waals surface area (Å²) < 4.78 is 0. The molecule has 0 fully saturated rings. The number of rotatable bonds is 3. The van der Waals surface area contributed by atoms with Crippen LogP contribution in [-0.2, 0) is 5.88 Å². The number of fused-ring (bicyclic) bond motifs is 1. The van der Waals surface area contributed by atoms with Crippen LogP contribution in [0.15, 0.2) is 36.7 Å². The van der Waals surface area contributed by atoms with Gasteiger partial charge in [-0.25, -0.2) is 0 Å². The van der Waals surface area contributed by atoms with Gasteiger partial charge in [-0.3, -0.25) is 14.7 Å². The molecule has 2 aromatic rings. The van der Waals surface area contributed by atoms with Crippen molar-refractivity contribution < 1.29 is 4.79 Å². The second-order valence-electron chi connectivity index (χ2n) is 5.02. The molecule has 1 amide bonds. The molecule has 0 spiro atoms. The molecule has 1 aromatic carbocycles. The normalized spacial score (nSPS) is 17.2. The van der Waals surface area contributed by atoms with Crippen molar-refractivity contribution >= 4 is 34.8 Å². The number of benzene rings is 1. The Morgan fingerprint density at radius 2 is 2.10 bits per heavy atom. The number of nitrogens with zero attached hydrogens (tertiary/aromatic N) is 2. The summed E-state index contributed by atoms with van der Waals surface area (Å²) in [6.45, 7) is 2.06. The average Bonchev–Trinajstić information content (AvgIpc) is 2.79. The van der Waals surface area contributed by atoms with Crippen LogP contribution in [0.1, 0.15) is 40.9 Å². The molecule has 0 radical (unpaired) electrons. The van der Waals surface area contributed by atoms with Gasteiger partial charge in [0.1, 0.15) is 0 Å². The van der Waals surface area contributed by atoms with Crippen molar-refractivity contribution in [3.63, 3.8) is 0 Å². The van der Waals surface area contributed by atoms with Crippen LogP contribution in [0.5, 0.6) is 0 Å². The summed E-state index contributed by atoms with van der Waals surface area (Å²) in [5, 5.41) is 0.648. The maximum Gasteiger partial charge on any atom is 0.259 e. The van der Waals surface area contributed by atoms with Crippen LogP contribution in [-0.4, -0.2) is 10.9 Å². The first kappa shape index (κ1) is 14.4. The van der Waals surface area contributed by atoms with Gasteiger partial charge in [0.05, 0.1) is 17.9 Å². The van der Waals surface area contributed by atoms with Crippen molar-refractivity contribution in [3.8, 4) is 0 Å². The van der Waals surface area contributed by atoms with E-state index in [1.807, 2.05) is 12.1 Å². The molecule has 0 unspecified atom stereocenters. The second-order valence-corrected chi connectivity index (χ2v) is 5.72. The molecule has 0 N–H and O–H groups in total. The minimum atomic E-state index is -0.0152. The lowest BCUT2D eigenvalue weighted by molar-refractivity contribution is 0.0990. The van der Waals surface area contributed by atoms with E-state index in [1.165, 1.54) is 0 Å². The van der Waals surface area contributed by atoms with Crippen molar-refractivity contribution in [2.45, 2.75) is 25.3 Å². The lowest BCUT2D eigenvalue weighted by Gasteiger charge is -2.24. The van der Waals surface area contributed by atoms with Gasteiger partial charge in [0.25, 0.3) is 5.91 Å². The molecule has 1 aliphatic rings. The highest BCUT2D eigenvalue weighted by Crippen LogP contribution is 2.40. The molecule has 108 valence electrons. The number of carbonyl (C=O) groups excluding carboxylic acids is 1. The van der Waals surface area contributed by atoms with Gasteiger partial charge >= 0.3 is 0 Å². The maximum atomic E-state index is 12.7. The van der Waals surface area contributed by atoms with Crippen molar-refractivity contribution in [2.75, 3.05) is 4.90 Å². The fourth-order valence-corrected chi connectivity index (χ4v) is 3.12. The summed E-state index contributed by atoms with van der Waals surface area (Å²) in [5.41, 5.74) is 3.36. The van der Waals surface area contributed by atoms with Gasteiger partial charge in [0.2, 0.25) is 0 Å². The zero-order chi connectivity index (χ0) is 15.0. The molecule has 0 saturated carbocycles. The van der Waals surface area contributed by atoms with E-state index in [0.717, 1.165) is 23.2 Å². The van der Waals surface area contributed by atoms with Gasteiger partial charge in [0, 0.05) is 22.7 Å². The van der Waals surface area contributed by atoms with E-state index in [2.05, 4.69) is 11.9 Å². The summed E-state index contributed by atoms with van der Waals surface area (Å²) in [6, 6.07) is 7.32. The predicted octanol–water partition coefficient (Wildman–Crippen LogP) is 4.59. The Bertz CT molecular complexity index is 702. The van der Waals surface area contributed by atoms with Gasteiger partial charge in [0.15, 0.2) is 0 Å². The van der Waals surface area contributed by atoms with Gasteiger partial charge in [-0.15, -0.1) is 11.6 Å². The number of amides is 1. The Kier molecular flexibility index (Phi) is 3.87. The quantitative estimate of drug-likeness (QED) is 0.775. The molecule has 0 bridgehead atoms. The van der Waals surface area contributed by atoms with E-state index in [0.29, 0.717) is 16.5 Å². The number of pyridine rings is 1. The second kappa shape index (κ2) is 5.66. The van der Waals surface area contributed by atoms with Crippen LogP contribution in [0.2, 0.25) is 5.02 Å². The van der Waals surface area contributed by atoms with Crippen LogP contribution < -0.4 is 4.90 Å². The highest BCUT2D eigenvalue weighted by molar-refractivity contribution is 6.31. The third-order valence-electron chi connectivity index (χ3n) is 3.73. The standard InChI is InChI=1S/C16H14Cl2N2O/c1-2-15-14-6-11(18)3-4-13(14)16(21)20(15)12-5-10(7-17)8-19-9-12/h3-6,8-9,15H,2,7H2,1H3/t15-/m0/s1. The Balaban J connectivity index is 2.09. The van der Waals surface area contributed by atoms with Crippen LogP contribution in [0.25, 0.3) is 0 Å². The zero-order valence-corrected chi connectivity index (χ0v) is 13.0. The van der Waals surface area contributed by atoms with Gasteiger partial charge in [-0.1, -0.05) is 18.5 Å². The molecule has 1 atom stereocenters. The number of hydrogen-bond acceptors (Lipinski definition) is 2. The third kappa shape index (κ3) is 2.41. The van der Waals surface area contributed by atoms with Crippen molar-refractivity contribution in [3.05, 3.63) is 58.4 Å². The molecular formula is C16H14Cl2N2O. The predicted molar refractivity (Wildman–Crippen MR) is 85.1 cm³/mol. The van der Waals surface area contributed by atoms with Crippen molar-refractivity contribution in [1.29, 1.82) is 0 Å². The highest BCUT2D eigenvalue weighted by Gasteiger charge is 2.36. The van der Waals surface area contributed by atoms with E-state index < -0.39 is 0 Å². The van der Waals surface area contributed by atoms with E-state index in [4.69, 9.17) is 23.2 Å². The summed E-state index contributed by atoms with van der Waals surface area (Å²) in [6.07, 6.45) is 4.22. The minimum Gasteiger partial charge on any atom is -0.299 e. The fraction of sp³-hybridized carbons (Fsp3) is 0.250. The SMILES string of the molecule is CC[C@H]1c2cc(Cl)ccc2C(=O)N1c1cncc(CCl)c1. The first-order valence-corrected chi connectivity index (χ1v) is 7.69. The average molecular weight is 321 g/mol. The summed E-state index contributed by atoms with van der Waals surface area (Å²) in [4.78, 5) is 18.7. The lowest BCUT2D eigenvalue weighted by Crippen LogP contribution is -2.27. The molecule has 3 nitrogen and oxygen atoms in total. The topological polar surface area (TPSA) is 33.2 Å². The van der Waals surface area contributed by atoms with Crippen LogP contribution in [0, 0.1) is 0 Å². The van der Waals surface area contributed by atoms with Crippen LogP contribution in [0.3, 0.4) is 0 Å². The highest BCUT2D eigenvalue weighted by atomic mass is 35.5. The Labute approximate surface area is 133 Å². The molecule has 0 saturated heterocycles. The maximum absolute atomic E-state index is 12.7. The monoisotopic (exact) mass is 320 g/mol. The number of halogens is 2. The Morgan fingerprint density at radius 3 is 2.81 bits per heavy atom. The van der Waals surface area contributed by atoms with Gasteiger partial charge < -0.3 is 0 Å². The number of carbonyl (C=O) groups is 1. The molecule has 5 heteroatoms. The lowest BCUT2D eigenvalue weighted by atomic mass is 10.0. The smallest absolute Gasteiger partial charge is 0.259 e. The van der Waals surface area contributed by atoms with E-state index in [9.17, 15) is 4.79 Å². The first-order valence-electron chi connectivity index (χ1n) is 6.78. The largest absolute Gasteiger partial charge is 0.299 e. The summed E-state index contributed by atoms with van der Waals surface area (Å²) in [7, 11) is 0. The van der Waals surface area contributed by atoms with Gasteiger partial charge in [-0.2, -0.15) is 0 Å². The van der Waals surface area contributed by atoms with Crippen LogP contribution >= 0.6 is 23.2 Å². The minimum absolute atomic E-state index is 0.0120. The molecule has 3 rings (SSSR count). The van der Waals surface area contributed by atoms with E-state index in [1.54, 1.807) is 29.4 Å². The molecule has 1 aliphatic heterocycles. The number of aromatic nitrogens is 1. The number of hydrogen-bond donors (Lipinski definition) is 0.